The topological polar surface area (TPSA) is 99.9 Å². The van der Waals surface area contributed by atoms with E-state index in [-0.39, 0.29) is 29.4 Å². The van der Waals surface area contributed by atoms with Crippen LogP contribution >= 0.6 is 11.6 Å². The zero-order chi connectivity index (χ0) is 25.4. The van der Waals surface area contributed by atoms with Gasteiger partial charge in [-0.05, 0) is 67.3 Å². The number of nitrogens with zero attached hydrogens (tertiary/aromatic N) is 2. The molecule has 7 nitrogen and oxygen atoms in total. The zero-order valence-corrected chi connectivity index (χ0v) is 20.3. The third-order valence-electron chi connectivity index (χ3n) is 6.95. The van der Waals surface area contributed by atoms with E-state index in [2.05, 4.69) is 6.07 Å². The molecule has 0 radical (unpaired) electrons. The maximum Gasteiger partial charge on any atom is 0.311 e. The van der Waals surface area contributed by atoms with Crippen LogP contribution in [0, 0.1) is 11.3 Å². The van der Waals surface area contributed by atoms with E-state index in [0.717, 1.165) is 18.4 Å². The minimum atomic E-state index is -0.952. The molecule has 36 heavy (non-hydrogen) atoms. The number of nitriles is 1. The van der Waals surface area contributed by atoms with Crippen molar-refractivity contribution in [3.63, 3.8) is 0 Å². The van der Waals surface area contributed by atoms with Gasteiger partial charge in [0, 0.05) is 29.3 Å². The number of carboxylic acids is 1. The normalized spacial score (nSPS) is 17.2. The lowest BCUT2D eigenvalue weighted by Crippen LogP contribution is -2.37. The van der Waals surface area contributed by atoms with Crippen LogP contribution in [0.25, 0.3) is 0 Å². The molecule has 1 amide bonds. The summed E-state index contributed by atoms with van der Waals surface area (Å²) in [6.07, 6.45) is 2.12. The van der Waals surface area contributed by atoms with Crippen molar-refractivity contribution in [3.05, 3.63) is 87.9 Å². The van der Waals surface area contributed by atoms with Crippen molar-refractivity contribution >= 4 is 23.5 Å². The van der Waals surface area contributed by atoms with Gasteiger partial charge in [0.2, 0.25) is 0 Å². The second-order valence-electron chi connectivity index (χ2n) is 9.06. The Balaban J connectivity index is 1.34. The number of carboxylic acid groups (broad SMARTS) is 1. The summed E-state index contributed by atoms with van der Waals surface area (Å²) in [6, 6.07) is 19.5. The fraction of sp³-hybridized carbons (Fsp3) is 0.250. The highest BCUT2D eigenvalue weighted by molar-refractivity contribution is 6.30. The lowest BCUT2D eigenvalue weighted by molar-refractivity contribution is -0.139. The maximum absolute atomic E-state index is 13.2. The van der Waals surface area contributed by atoms with Crippen LogP contribution in [0.2, 0.25) is 5.02 Å². The van der Waals surface area contributed by atoms with Gasteiger partial charge in [-0.2, -0.15) is 5.26 Å². The van der Waals surface area contributed by atoms with Crippen molar-refractivity contribution in [1.29, 1.82) is 5.26 Å². The molecule has 1 N–H and O–H groups in total. The molecule has 1 unspecified atom stereocenters. The van der Waals surface area contributed by atoms with Crippen LogP contribution in [0.5, 0.6) is 17.2 Å². The predicted octanol–water partition coefficient (Wildman–Crippen LogP) is 5.72. The molecule has 3 aromatic rings. The number of carbonyl (C=O) groups is 2. The van der Waals surface area contributed by atoms with Crippen molar-refractivity contribution in [2.75, 3.05) is 13.7 Å². The molecule has 1 fully saturated rings. The third-order valence-corrected chi connectivity index (χ3v) is 7.20. The lowest BCUT2D eigenvalue weighted by Gasteiger charge is -2.29. The monoisotopic (exact) mass is 502 g/mol. The van der Waals surface area contributed by atoms with E-state index in [1.807, 2.05) is 31.3 Å². The minimum absolute atomic E-state index is 0.103. The number of fused-ring (bicyclic) bond motifs is 1. The third kappa shape index (κ3) is 4.25. The van der Waals surface area contributed by atoms with E-state index in [1.165, 1.54) is 6.07 Å². The summed E-state index contributed by atoms with van der Waals surface area (Å²) < 4.78 is 11.6. The van der Waals surface area contributed by atoms with Crippen LogP contribution < -0.4 is 9.47 Å². The molecule has 0 spiro atoms. The number of hydrogen-bond donors (Lipinski definition) is 1. The predicted molar refractivity (Wildman–Crippen MR) is 133 cm³/mol. The second kappa shape index (κ2) is 9.21. The first-order valence-electron chi connectivity index (χ1n) is 11.6. The summed E-state index contributed by atoms with van der Waals surface area (Å²) in [5, 5.41) is 19.8. The number of ether oxygens (including phenoxy) is 2. The first kappa shape index (κ1) is 23.7. The van der Waals surface area contributed by atoms with Crippen molar-refractivity contribution in [3.8, 4) is 23.3 Å². The number of carbonyl (C=O) groups excluding carboxylic acids is 1. The van der Waals surface area contributed by atoms with Gasteiger partial charge < -0.3 is 19.5 Å². The average Bonchev–Trinajstić information content (AvgIpc) is 3.70. The highest BCUT2D eigenvalue weighted by Crippen LogP contribution is 2.51. The van der Waals surface area contributed by atoms with Gasteiger partial charge in [0.15, 0.2) is 0 Å². The quantitative estimate of drug-likeness (QED) is 0.463. The van der Waals surface area contributed by atoms with E-state index in [0.29, 0.717) is 34.1 Å². The van der Waals surface area contributed by atoms with Crippen molar-refractivity contribution in [1.82, 2.24) is 4.90 Å². The Morgan fingerprint density at radius 2 is 1.83 bits per heavy atom. The molecule has 0 saturated heterocycles. The molecule has 1 aliphatic carbocycles. The number of rotatable bonds is 6. The van der Waals surface area contributed by atoms with Gasteiger partial charge in [-0.25, -0.2) is 0 Å². The van der Waals surface area contributed by atoms with E-state index in [9.17, 15) is 20.0 Å². The Morgan fingerprint density at radius 1 is 1.14 bits per heavy atom. The van der Waals surface area contributed by atoms with Crippen molar-refractivity contribution in [2.45, 2.75) is 30.7 Å². The highest BCUT2D eigenvalue weighted by atomic mass is 35.5. The van der Waals surface area contributed by atoms with Gasteiger partial charge in [0.25, 0.3) is 5.91 Å². The molecule has 0 aromatic heterocycles. The molecule has 1 saturated carbocycles. The number of amides is 1. The minimum Gasteiger partial charge on any atom is -0.493 e. The number of aliphatic carboxylic acids is 1. The molecule has 5 rings (SSSR count). The van der Waals surface area contributed by atoms with E-state index < -0.39 is 11.9 Å². The van der Waals surface area contributed by atoms with Gasteiger partial charge in [0.1, 0.15) is 23.3 Å². The van der Waals surface area contributed by atoms with Crippen molar-refractivity contribution < 1.29 is 24.2 Å². The van der Waals surface area contributed by atoms with Crippen LogP contribution in [0.1, 0.15) is 52.2 Å². The summed E-state index contributed by atoms with van der Waals surface area (Å²) in [5.74, 6) is -0.680. The zero-order valence-electron chi connectivity index (χ0n) is 19.5. The maximum atomic E-state index is 13.2. The molecule has 3 aromatic carbocycles. The Morgan fingerprint density at radius 3 is 2.44 bits per heavy atom. The molecule has 0 bridgehead atoms. The SMILES string of the molecule is CN(C(=O)c1ccc(Oc2cc3c(cc2C#N)C(C(=O)O)CCO3)cc1)C1(c2ccc(Cl)cc2)CC1. The summed E-state index contributed by atoms with van der Waals surface area (Å²) in [7, 11) is 1.81. The second-order valence-corrected chi connectivity index (χ2v) is 9.49. The molecule has 182 valence electrons. The summed E-state index contributed by atoms with van der Waals surface area (Å²) in [5.41, 5.74) is 1.94. The largest absolute Gasteiger partial charge is 0.493 e. The molecule has 1 aliphatic heterocycles. The highest BCUT2D eigenvalue weighted by Gasteiger charge is 2.50. The standard InChI is InChI=1S/C28H23ClN2O5/c1-31(28(11-12-28)19-4-6-20(29)7-5-19)26(32)17-2-8-21(9-3-17)36-24-15-25-23(14-18(24)16-30)22(27(33)34)10-13-35-25/h2-9,14-15,22H,10-13H2,1H3,(H,33,34). The van der Waals surface area contributed by atoms with Crippen LogP contribution in [0.3, 0.4) is 0 Å². The fourth-order valence-electron chi connectivity index (χ4n) is 4.72. The number of halogens is 1. The summed E-state index contributed by atoms with van der Waals surface area (Å²) >= 11 is 6.03. The summed E-state index contributed by atoms with van der Waals surface area (Å²) in [6.45, 7) is 0.275. The van der Waals surface area contributed by atoms with Crippen LogP contribution in [-0.4, -0.2) is 35.5 Å². The molecular formula is C28H23ClN2O5. The van der Waals surface area contributed by atoms with Gasteiger partial charge in [0.05, 0.1) is 23.6 Å². The number of benzene rings is 3. The molecular weight excluding hydrogens is 480 g/mol. The Hall–Kier alpha value is -4.02. The smallest absolute Gasteiger partial charge is 0.311 e. The van der Waals surface area contributed by atoms with Crippen molar-refractivity contribution in [2.24, 2.45) is 0 Å². The number of hydrogen-bond acceptors (Lipinski definition) is 5. The van der Waals surface area contributed by atoms with Crippen LogP contribution in [0.4, 0.5) is 0 Å². The van der Waals surface area contributed by atoms with Crippen LogP contribution in [-0.2, 0) is 10.3 Å². The van der Waals surface area contributed by atoms with Gasteiger partial charge in [-0.15, -0.1) is 0 Å². The van der Waals surface area contributed by atoms with Gasteiger partial charge in [-0.3, -0.25) is 9.59 Å². The molecule has 8 heteroatoms. The Bertz CT molecular complexity index is 1370. The van der Waals surface area contributed by atoms with Gasteiger partial charge in [-0.1, -0.05) is 23.7 Å². The first-order chi connectivity index (χ1) is 17.3. The average molecular weight is 503 g/mol. The Kier molecular flexibility index (Phi) is 6.07. The first-order valence-corrected chi connectivity index (χ1v) is 12.0. The fourth-order valence-corrected chi connectivity index (χ4v) is 4.85. The Labute approximate surface area is 213 Å². The van der Waals surface area contributed by atoms with E-state index in [1.54, 1.807) is 35.2 Å². The van der Waals surface area contributed by atoms with E-state index in [4.69, 9.17) is 21.1 Å². The molecule has 1 atom stereocenters. The van der Waals surface area contributed by atoms with Gasteiger partial charge >= 0.3 is 5.97 Å². The lowest BCUT2D eigenvalue weighted by atomic mass is 9.91. The van der Waals surface area contributed by atoms with Crippen LogP contribution in [0.15, 0.2) is 60.7 Å². The molecule has 1 heterocycles. The summed E-state index contributed by atoms with van der Waals surface area (Å²) in [4.78, 5) is 26.6. The van der Waals surface area contributed by atoms with E-state index >= 15 is 0 Å². The molecule has 2 aliphatic rings.